The summed E-state index contributed by atoms with van der Waals surface area (Å²) in [5, 5.41) is 0. The number of nitrogen functional groups attached to an aromatic ring is 4. The molecule has 7 rings (SSSR count). The predicted octanol–water partition coefficient (Wildman–Crippen LogP) is 2.16. The number of rotatable bonds is 2. The van der Waals surface area contributed by atoms with Gasteiger partial charge in [0.05, 0.1) is 0 Å². The Morgan fingerprint density at radius 2 is 0.571 bits per heavy atom. The van der Waals surface area contributed by atoms with E-state index in [0.717, 1.165) is 0 Å². The maximum Gasteiger partial charge on any atom is 0.225 e. The van der Waals surface area contributed by atoms with Crippen molar-refractivity contribution in [2.45, 2.75) is 0 Å². The van der Waals surface area contributed by atoms with Crippen LogP contribution in [0.25, 0.3) is 67.4 Å². The fraction of sp³-hybridized carbons (Fsp3) is 0.250. The molecule has 0 saturated carbocycles. The molecule has 4 heterocycles. The molecule has 0 fully saturated rings. The standard InChI is InChI=1S/C24H16N10O4.4C2H6OS.2H2O/c25-21-29-19(30-22(26)33-21)13-15-16(36-10-6-2-1-5-9(10)35-15)14(20-31-23(27)34-24(28)32-20)18-17(13)37-11-7-3-4-8-12(11)38-18;4*1-4(2)3;;/h1-8H,(H4,25,26,29,30,33)(H4,27,28,31,32,34);4*1-2H3;2*1H2. The van der Waals surface area contributed by atoms with Crippen LogP contribution in [0.3, 0.4) is 0 Å². The molecule has 20 nitrogen and oxygen atoms in total. The smallest absolute Gasteiger partial charge is 0.225 e. The number of para-hydroxylation sites is 4. The van der Waals surface area contributed by atoms with Gasteiger partial charge in [0.15, 0.2) is 56.3 Å². The third-order valence-electron chi connectivity index (χ3n) is 5.65. The molecule has 3 aromatic carbocycles. The van der Waals surface area contributed by atoms with Crippen LogP contribution in [0.2, 0.25) is 0 Å². The molecule has 306 valence electrons. The SMILES string of the molecule is CS(C)=O.CS(C)=O.CS(C)=O.CS(C)=O.Nc1nc(N)nc(-c2c3oc4ccccc4oc3c(-c3nc(N)nc(N)n3)c3oc4ccccc4oc23)n1.O.O. The Kier molecular flexibility index (Phi) is 19.3. The summed E-state index contributed by atoms with van der Waals surface area (Å²) in [6.07, 6.45) is 13.1. The zero-order chi connectivity index (χ0) is 40.3. The Labute approximate surface area is 330 Å². The summed E-state index contributed by atoms with van der Waals surface area (Å²) in [5.74, 6) is -0.292. The molecule has 56 heavy (non-hydrogen) atoms. The van der Waals surface area contributed by atoms with E-state index in [1.165, 1.54) is 0 Å². The van der Waals surface area contributed by atoms with Gasteiger partial charge in [-0.25, -0.2) is 0 Å². The van der Waals surface area contributed by atoms with Crippen molar-refractivity contribution in [1.29, 1.82) is 0 Å². The van der Waals surface area contributed by atoms with Gasteiger partial charge in [0.1, 0.15) is 11.1 Å². The van der Waals surface area contributed by atoms with E-state index in [1.807, 2.05) is 0 Å². The largest absolute Gasteiger partial charge is 0.449 e. The first-order valence-corrected chi connectivity index (χ1v) is 22.9. The molecule has 0 aliphatic rings. The van der Waals surface area contributed by atoms with Gasteiger partial charge < -0.3 is 51.6 Å². The number of aromatic nitrogens is 6. The quantitative estimate of drug-likeness (QED) is 0.181. The van der Waals surface area contributed by atoms with E-state index in [-0.39, 0.29) is 79.9 Å². The van der Waals surface area contributed by atoms with Crippen LogP contribution in [0.15, 0.2) is 66.2 Å². The number of hydrogen-bond acceptors (Lipinski definition) is 18. The van der Waals surface area contributed by atoms with Crippen molar-refractivity contribution < 1.29 is 45.5 Å². The minimum absolute atomic E-state index is 0. The molecule has 0 radical (unpaired) electrons. The lowest BCUT2D eigenvalue weighted by molar-refractivity contribution is 0.566. The Bertz CT molecular complexity index is 2200. The molecule has 4 aromatic heterocycles. The van der Waals surface area contributed by atoms with Crippen molar-refractivity contribution in [2.75, 3.05) is 73.0 Å². The average Bonchev–Trinajstić information content (AvgIpc) is 3.03. The maximum absolute atomic E-state index is 9.56. The maximum atomic E-state index is 9.56. The molecule has 0 bridgehead atoms. The van der Waals surface area contributed by atoms with Crippen LogP contribution in [0.1, 0.15) is 0 Å². The highest BCUT2D eigenvalue weighted by Gasteiger charge is 2.29. The zero-order valence-electron chi connectivity index (χ0n) is 31.5. The second kappa shape index (κ2) is 22.2. The van der Waals surface area contributed by atoms with E-state index in [0.29, 0.717) is 22.3 Å². The first-order valence-electron chi connectivity index (χ1n) is 15.1. The molecule has 0 aliphatic carbocycles. The lowest BCUT2D eigenvalue weighted by Gasteiger charge is -2.14. The van der Waals surface area contributed by atoms with Crippen molar-refractivity contribution >= 4 is 112 Å². The van der Waals surface area contributed by atoms with E-state index in [2.05, 4.69) is 29.9 Å². The highest BCUT2D eigenvalue weighted by Crippen LogP contribution is 2.44. The average molecular weight is 857 g/mol. The highest BCUT2D eigenvalue weighted by molar-refractivity contribution is 7.84. The van der Waals surface area contributed by atoms with Crippen molar-refractivity contribution in [2.24, 2.45) is 0 Å². The molecule has 0 spiro atoms. The van der Waals surface area contributed by atoms with Crippen LogP contribution in [0.5, 0.6) is 0 Å². The summed E-state index contributed by atoms with van der Waals surface area (Å²) in [5.41, 5.74) is 26.5. The molecule has 12 N–H and O–H groups in total. The molecule has 7 aromatic rings. The fourth-order valence-corrected chi connectivity index (χ4v) is 4.18. The molecule has 0 aliphatic heterocycles. The molecular weight excluding hydrogens is 813 g/mol. The van der Waals surface area contributed by atoms with E-state index in [9.17, 15) is 16.8 Å². The van der Waals surface area contributed by atoms with Crippen LogP contribution in [-0.4, -0.2) is 108 Å². The lowest BCUT2D eigenvalue weighted by atomic mass is 10.1. The van der Waals surface area contributed by atoms with Gasteiger partial charge in [0, 0.05) is 93.2 Å². The predicted molar refractivity (Wildman–Crippen MR) is 226 cm³/mol. The van der Waals surface area contributed by atoms with Crippen LogP contribution < -0.4 is 22.9 Å². The monoisotopic (exact) mass is 856 g/mol. The number of anilines is 4. The molecule has 0 amide bonds. The molecule has 0 atom stereocenters. The molecule has 0 unspecified atom stereocenters. The van der Waals surface area contributed by atoms with Crippen LogP contribution in [-0.2, 0) is 43.2 Å². The van der Waals surface area contributed by atoms with Crippen LogP contribution in [0, 0.1) is 0 Å². The first-order chi connectivity index (χ1) is 25.4. The Morgan fingerprint density at radius 3 is 0.750 bits per heavy atom. The second-order valence-corrected chi connectivity index (χ2v) is 17.0. The third kappa shape index (κ3) is 14.0. The summed E-state index contributed by atoms with van der Waals surface area (Å²) in [6, 6.07) is 14.2. The number of hydrogen-bond donors (Lipinski definition) is 4. The number of benzene rings is 3. The summed E-state index contributed by atoms with van der Waals surface area (Å²) in [4.78, 5) is 24.9. The van der Waals surface area contributed by atoms with Crippen LogP contribution in [0.4, 0.5) is 23.8 Å². The highest BCUT2D eigenvalue weighted by atomic mass is 32.2. The van der Waals surface area contributed by atoms with Gasteiger partial charge >= 0.3 is 0 Å². The van der Waals surface area contributed by atoms with Gasteiger partial charge in [-0.2, -0.15) is 29.9 Å². The first kappa shape index (κ1) is 48.6. The summed E-state index contributed by atoms with van der Waals surface area (Å²) < 4.78 is 63.6. The topological polar surface area (TPSA) is 365 Å². The Balaban J connectivity index is 0.000000749. The number of fused-ring (bicyclic) bond motifs is 4. The number of nitrogens with zero attached hydrogens (tertiary/aromatic N) is 6. The Morgan fingerprint density at radius 1 is 0.393 bits per heavy atom. The normalized spacial score (nSPS) is 10.4. The lowest BCUT2D eigenvalue weighted by Crippen LogP contribution is -2.06. The molecular formula is C32H44N10O10S4. The molecule has 24 heteroatoms. The van der Waals surface area contributed by atoms with Crippen molar-refractivity contribution in [3.63, 3.8) is 0 Å². The summed E-state index contributed by atoms with van der Waals surface area (Å²) in [6.45, 7) is 0. The van der Waals surface area contributed by atoms with Gasteiger partial charge in [-0.1, -0.05) is 24.3 Å². The van der Waals surface area contributed by atoms with Gasteiger partial charge in [-0.3, -0.25) is 16.8 Å². The minimum atomic E-state index is -0.611. The fourth-order valence-electron chi connectivity index (χ4n) is 4.18. The molecule has 0 saturated heterocycles. The van der Waals surface area contributed by atoms with E-state index in [4.69, 9.17) is 40.6 Å². The van der Waals surface area contributed by atoms with Gasteiger partial charge in [-0.05, 0) is 24.3 Å². The van der Waals surface area contributed by atoms with E-state index < -0.39 is 43.2 Å². The second-order valence-electron chi connectivity index (χ2n) is 11.1. The van der Waals surface area contributed by atoms with E-state index >= 15 is 0 Å². The van der Waals surface area contributed by atoms with Gasteiger partial charge in [0.2, 0.25) is 23.8 Å². The van der Waals surface area contributed by atoms with Crippen molar-refractivity contribution in [1.82, 2.24) is 29.9 Å². The van der Waals surface area contributed by atoms with Crippen LogP contribution >= 0.6 is 0 Å². The Hall–Kier alpha value is -5.40. The third-order valence-corrected chi connectivity index (χ3v) is 5.65. The van der Waals surface area contributed by atoms with Crippen molar-refractivity contribution in [3.8, 4) is 22.8 Å². The van der Waals surface area contributed by atoms with Crippen molar-refractivity contribution in [3.05, 3.63) is 48.5 Å². The minimum Gasteiger partial charge on any atom is -0.449 e. The zero-order valence-corrected chi connectivity index (χ0v) is 34.8. The van der Waals surface area contributed by atoms with Gasteiger partial charge in [0.25, 0.3) is 0 Å². The summed E-state index contributed by atoms with van der Waals surface area (Å²) in [7, 11) is -2.44. The van der Waals surface area contributed by atoms with E-state index in [1.54, 1.807) is 98.6 Å². The summed E-state index contributed by atoms with van der Waals surface area (Å²) >= 11 is 0. The van der Waals surface area contributed by atoms with Gasteiger partial charge in [-0.15, -0.1) is 0 Å². The number of nitrogens with two attached hydrogens (primary N) is 4.